The van der Waals surface area contributed by atoms with Crippen LogP contribution in [0.3, 0.4) is 0 Å². The zero-order chi connectivity index (χ0) is 9.72. The molecule has 5 heteroatoms. The van der Waals surface area contributed by atoms with E-state index in [1.165, 1.54) is 17.4 Å². The monoisotopic (exact) mass is 174 g/mol. The van der Waals surface area contributed by atoms with Crippen molar-refractivity contribution in [2.75, 3.05) is 7.05 Å². The maximum Gasteiger partial charge on any atom is 0.265 e. The van der Waals surface area contributed by atoms with Gasteiger partial charge in [0, 0.05) is 13.5 Å². The lowest BCUT2D eigenvalue weighted by atomic mass is 10.2. The molecule has 0 spiro atoms. The summed E-state index contributed by atoms with van der Waals surface area (Å²) in [6.07, 6.45) is 0.347. The molecule has 0 saturated carbocycles. The number of likely N-dealkylation sites (N-methyl/N-ethyl adjacent to an activating group) is 1. The van der Waals surface area contributed by atoms with Crippen LogP contribution in [0.1, 0.15) is 20.3 Å². The van der Waals surface area contributed by atoms with E-state index in [1.54, 1.807) is 13.8 Å². The standard InChI is InChI=1S/C7H14N2O3/c1-4-6(10)9(3)5(2)7(11)8-12/h5,12H,4H2,1-3H3,(H,8,11). The van der Waals surface area contributed by atoms with Crippen molar-refractivity contribution in [3.8, 4) is 0 Å². The number of rotatable bonds is 3. The first kappa shape index (κ1) is 10.9. The third kappa shape index (κ3) is 2.50. The highest BCUT2D eigenvalue weighted by Crippen LogP contribution is 1.98. The number of hydrogen-bond donors (Lipinski definition) is 2. The second kappa shape index (κ2) is 4.71. The van der Waals surface area contributed by atoms with Gasteiger partial charge in [-0.1, -0.05) is 6.92 Å². The number of carbonyl (C=O) groups excluding carboxylic acids is 2. The van der Waals surface area contributed by atoms with Crippen LogP contribution in [-0.4, -0.2) is 35.0 Å². The molecule has 5 nitrogen and oxygen atoms in total. The summed E-state index contributed by atoms with van der Waals surface area (Å²) >= 11 is 0. The molecule has 0 aliphatic carbocycles. The third-order valence-corrected chi connectivity index (χ3v) is 1.77. The molecule has 0 heterocycles. The highest BCUT2D eigenvalue weighted by atomic mass is 16.5. The van der Waals surface area contributed by atoms with Crippen molar-refractivity contribution in [1.82, 2.24) is 10.4 Å². The molecule has 12 heavy (non-hydrogen) atoms. The summed E-state index contributed by atoms with van der Waals surface area (Å²) in [6, 6.07) is -0.637. The van der Waals surface area contributed by atoms with E-state index in [9.17, 15) is 9.59 Å². The van der Waals surface area contributed by atoms with E-state index in [2.05, 4.69) is 0 Å². The fourth-order valence-corrected chi connectivity index (χ4v) is 0.735. The van der Waals surface area contributed by atoms with E-state index in [0.29, 0.717) is 6.42 Å². The number of nitrogens with one attached hydrogen (secondary N) is 1. The molecule has 0 aliphatic heterocycles. The van der Waals surface area contributed by atoms with Crippen LogP contribution >= 0.6 is 0 Å². The molecular weight excluding hydrogens is 160 g/mol. The van der Waals surface area contributed by atoms with Crippen LogP contribution in [0.15, 0.2) is 0 Å². The molecule has 2 N–H and O–H groups in total. The minimum atomic E-state index is -0.637. The van der Waals surface area contributed by atoms with Crippen molar-refractivity contribution < 1.29 is 14.8 Å². The van der Waals surface area contributed by atoms with Gasteiger partial charge in [0.05, 0.1) is 0 Å². The second-order valence-electron chi connectivity index (χ2n) is 2.51. The lowest BCUT2D eigenvalue weighted by molar-refractivity contribution is -0.142. The molecule has 1 unspecified atom stereocenters. The summed E-state index contributed by atoms with van der Waals surface area (Å²) in [5.74, 6) is -0.717. The minimum Gasteiger partial charge on any atom is -0.334 e. The van der Waals surface area contributed by atoms with Crippen LogP contribution in [0.2, 0.25) is 0 Å². The van der Waals surface area contributed by atoms with Gasteiger partial charge in [-0.2, -0.15) is 0 Å². The van der Waals surface area contributed by atoms with Gasteiger partial charge in [0.15, 0.2) is 0 Å². The largest absolute Gasteiger partial charge is 0.334 e. The van der Waals surface area contributed by atoms with E-state index in [4.69, 9.17) is 5.21 Å². The molecule has 1 atom stereocenters. The Morgan fingerprint density at radius 2 is 2.08 bits per heavy atom. The normalized spacial score (nSPS) is 12.0. The minimum absolute atomic E-state index is 0.133. The molecule has 2 amide bonds. The SMILES string of the molecule is CCC(=O)N(C)C(C)C(=O)NO. The molecule has 0 aliphatic rings. The number of nitrogens with zero attached hydrogens (tertiary/aromatic N) is 1. The summed E-state index contributed by atoms with van der Waals surface area (Å²) in [7, 11) is 1.52. The Morgan fingerprint density at radius 1 is 1.58 bits per heavy atom. The van der Waals surface area contributed by atoms with Gasteiger partial charge in [-0.15, -0.1) is 0 Å². The van der Waals surface area contributed by atoms with E-state index in [0.717, 1.165) is 0 Å². The summed E-state index contributed by atoms with van der Waals surface area (Å²) in [5.41, 5.74) is 1.49. The summed E-state index contributed by atoms with van der Waals surface area (Å²) in [5, 5.41) is 8.27. The van der Waals surface area contributed by atoms with Gasteiger partial charge in [0.2, 0.25) is 5.91 Å². The Bertz CT molecular complexity index is 161. The van der Waals surface area contributed by atoms with E-state index < -0.39 is 11.9 Å². The highest BCUT2D eigenvalue weighted by molar-refractivity contribution is 5.86. The van der Waals surface area contributed by atoms with Gasteiger partial charge in [-0.3, -0.25) is 14.8 Å². The van der Waals surface area contributed by atoms with Crippen LogP contribution in [0.25, 0.3) is 0 Å². The smallest absolute Gasteiger partial charge is 0.265 e. The lowest BCUT2D eigenvalue weighted by Gasteiger charge is -2.22. The van der Waals surface area contributed by atoms with Gasteiger partial charge < -0.3 is 4.90 Å². The van der Waals surface area contributed by atoms with Crippen LogP contribution < -0.4 is 5.48 Å². The summed E-state index contributed by atoms with van der Waals surface area (Å²) in [4.78, 5) is 23.1. The van der Waals surface area contributed by atoms with Crippen molar-refractivity contribution in [3.05, 3.63) is 0 Å². The molecule has 0 bridgehead atoms. The quantitative estimate of drug-likeness (QED) is 0.458. The number of hydroxylamine groups is 1. The average molecular weight is 174 g/mol. The van der Waals surface area contributed by atoms with E-state index >= 15 is 0 Å². The van der Waals surface area contributed by atoms with Crippen LogP contribution in [0.4, 0.5) is 0 Å². The van der Waals surface area contributed by atoms with Gasteiger partial charge in [0.1, 0.15) is 6.04 Å². The zero-order valence-corrected chi connectivity index (χ0v) is 7.50. The van der Waals surface area contributed by atoms with Gasteiger partial charge in [-0.25, -0.2) is 5.48 Å². The molecule has 0 radical (unpaired) electrons. The Balaban J connectivity index is 4.18. The Hall–Kier alpha value is -1.10. The predicted octanol–water partition coefficient (Wildman–Crippen LogP) is -0.251. The maximum absolute atomic E-state index is 11.0. The molecule has 0 saturated heterocycles. The zero-order valence-electron chi connectivity index (χ0n) is 7.50. The maximum atomic E-state index is 11.0. The summed E-state index contributed by atoms with van der Waals surface area (Å²) in [6.45, 7) is 3.25. The molecule has 0 fully saturated rings. The van der Waals surface area contributed by atoms with Gasteiger partial charge in [0.25, 0.3) is 5.91 Å². The third-order valence-electron chi connectivity index (χ3n) is 1.77. The Kier molecular flexibility index (Phi) is 4.28. The first-order chi connectivity index (χ1) is 5.54. The Labute approximate surface area is 71.3 Å². The van der Waals surface area contributed by atoms with E-state index in [1.807, 2.05) is 0 Å². The second-order valence-corrected chi connectivity index (χ2v) is 2.51. The highest BCUT2D eigenvalue weighted by Gasteiger charge is 2.20. The van der Waals surface area contributed by atoms with Crippen molar-refractivity contribution in [1.29, 1.82) is 0 Å². The molecule has 70 valence electrons. The lowest BCUT2D eigenvalue weighted by Crippen LogP contribution is -2.44. The van der Waals surface area contributed by atoms with E-state index in [-0.39, 0.29) is 5.91 Å². The predicted molar refractivity (Wildman–Crippen MR) is 42.5 cm³/mol. The van der Waals surface area contributed by atoms with Crippen LogP contribution in [0, 0.1) is 0 Å². The van der Waals surface area contributed by atoms with Crippen molar-refractivity contribution in [2.45, 2.75) is 26.3 Å². The van der Waals surface area contributed by atoms with Crippen molar-refractivity contribution in [2.24, 2.45) is 0 Å². The summed E-state index contributed by atoms with van der Waals surface area (Å²) < 4.78 is 0. The molecule has 0 aromatic rings. The van der Waals surface area contributed by atoms with Gasteiger partial charge in [-0.05, 0) is 6.92 Å². The number of hydrogen-bond acceptors (Lipinski definition) is 3. The number of carbonyl (C=O) groups is 2. The van der Waals surface area contributed by atoms with Crippen molar-refractivity contribution >= 4 is 11.8 Å². The average Bonchev–Trinajstić information content (AvgIpc) is 2.12. The van der Waals surface area contributed by atoms with Crippen molar-refractivity contribution in [3.63, 3.8) is 0 Å². The Morgan fingerprint density at radius 3 is 2.42 bits per heavy atom. The number of amides is 2. The first-order valence-corrected chi connectivity index (χ1v) is 3.74. The fourth-order valence-electron chi connectivity index (χ4n) is 0.735. The van der Waals surface area contributed by atoms with Crippen LogP contribution in [-0.2, 0) is 9.59 Å². The first-order valence-electron chi connectivity index (χ1n) is 3.74. The molecule has 0 rings (SSSR count). The van der Waals surface area contributed by atoms with Crippen LogP contribution in [0.5, 0.6) is 0 Å². The van der Waals surface area contributed by atoms with Gasteiger partial charge >= 0.3 is 0 Å². The topological polar surface area (TPSA) is 69.6 Å². The fraction of sp³-hybridized carbons (Fsp3) is 0.714. The molecule has 0 aromatic heterocycles. The molecule has 0 aromatic carbocycles. The molecular formula is C7H14N2O3.